The van der Waals surface area contributed by atoms with Crippen molar-refractivity contribution in [2.45, 2.75) is 57.0 Å². The summed E-state index contributed by atoms with van der Waals surface area (Å²) in [4.78, 5) is 16.2. The molecule has 3 aromatic rings. The molecule has 2 aromatic carbocycles. The van der Waals surface area contributed by atoms with E-state index in [1.165, 1.54) is 35.8 Å². The number of quaternary nitrogens is 1. The molecule has 1 amide bonds. The fourth-order valence-corrected chi connectivity index (χ4v) is 4.69. The van der Waals surface area contributed by atoms with Gasteiger partial charge in [0.2, 0.25) is 0 Å². The van der Waals surface area contributed by atoms with E-state index in [1.54, 1.807) is 7.11 Å². The fraction of sp³-hybridized carbons (Fsp3) is 0.423. The second-order valence-electron chi connectivity index (χ2n) is 8.72. The molecule has 31 heavy (non-hydrogen) atoms. The molecule has 5 nitrogen and oxygen atoms in total. The number of carbonyl (C=O) groups is 1. The summed E-state index contributed by atoms with van der Waals surface area (Å²) < 4.78 is 5.34. The van der Waals surface area contributed by atoms with Gasteiger partial charge in [0.1, 0.15) is 5.75 Å². The Morgan fingerprint density at radius 1 is 1.13 bits per heavy atom. The van der Waals surface area contributed by atoms with Gasteiger partial charge in [-0.1, -0.05) is 49.6 Å². The Hall–Kier alpha value is -2.79. The monoisotopic (exact) mass is 420 g/mol. The van der Waals surface area contributed by atoms with Crippen LogP contribution in [0.25, 0.3) is 10.9 Å². The molecule has 1 heterocycles. The van der Waals surface area contributed by atoms with E-state index in [1.807, 2.05) is 19.1 Å². The number of hydrogen-bond donors (Lipinski definition) is 3. The molecule has 1 aliphatic carbocycles. The van der Waals surface area contributed by atoms with Crippen LogP contribution in [-0.2, 0) is 4.79 Å². The van der Waals surface area contributed by atoms with Crippen LogP contribution in [0.2, 0.25) is 0 Å². The standard InChI is InChI=1S/C26H33N3O2/c1-18(26(30)29-20-8-4-3-5-9-20)27-16-23(19-12-14-21(31-2)15-13-19)24-17-28-25-11-7-6-10-22(24)25/h6-7,10-15,17-18,20,23,27-28H,3-5,8-9,16H2,1-2H3,(H,29,30)/p+1/t18-,23-/m1/s1. The zero-order valence-corrected chi connectivity index (χ0v) is 18.6. The number of benzene rings is 2. The third-order valence-electron chi connectivity index (χ3n) is 6.61. The highest BCUT2D eigenvalue weighted by atomic mass is 16.5. The van der Waals surface area contributed by atoms with Gasteiger partial charge in [-0.3, -0.25) is 4.79 Å². The van der Waals surface area contributed by atoms with Crippen molar-refractivity contribution in [2.75, 3.05) is 13.7 Å². The van der Waals surface area contributed by atoms with Gasteiger partial charge in [-0.15, -0.1) is 0 Å². The van der Waals surface area contributed by atoms with Gasteiger partial charge in [0.25, 0.3) is 5.91 Å². The average molecular weight is 421 g/mol. The normalized spacial score (nSPS) is 16.7. The van der Waals surface area contributed by atoms with Crippen LogP contribution in [0.4, 0.5) is 0 Å². The summed E-state index contributed by atoms with van der Waals surface area (Å²) in [5.41, 5.74) is 3.62. The Kier molecular flexibility index (Phi) is 6.92. The number of para-hydroxylation sites is 1. The number of hydrogen-bond acceptors (Lipinski definition) is 2. The Morgan fingerprint density at radius 2 is 1.87 bits per heavy atom. The number of H-pyrrole nitrogens is 1. The average Bonchev–Trinajstić information content (AvgIpc) is 3.24. The van der Waals surface area contributed by atoms with Crippen molar-refractivity contribution in [1.29, 1.82) is 0 Å². The summed E-state index contributed by atoms with van der Waals surface area (Å²) in [7, 11) is 1.69. The number of carbonyl (C=O) groups excluding carboxylic acids is 1. The number of ether oxygens (including phenoxy) is 1. The maximum Gasteiger partial charge on any atom is 0.278 e. The van der Waals surface area contributed by atoms with Gasteiger partial charge in [0.15, 0.2) is 6.04 Å². The van der Waals surface area contributed by atoms with Gasteiger partial charge in [0.05, 0.1) is 19.6 Å². The van der Waals surface area contributed by atoms with Crippen LogP contribution in [-0.4, -0.2) is 36.6 Å². The van der Waals surface area contributed by atoms with E-state index in [0.29, 0.717) is 6.04 Å². The minimum atomic E-state index is -0.118. The van der Waals surface area contributed by atoms with Gasteiger partial charge < -0.3 is 20.4 Å². The molecule has 0 aliphatic heterocycles. The van der Waals surface area contributed by atoms with Gasteiger partial charge in [0, 0.05) is 23.1 Å². The molecular formula is C26H34N3O2+. The molecular weight excluding hydrogens is 386 g/mol. The van der Waals surface area contributed by atoms with E-state index in [2.05, 4.69) is 58.2 Å². The molecule has 4 N–H and O–H groups in total. The summed E-state index contributed by atoms with van der Waals surface area (Å²) in [6, 6.07) is 16.9. The largest absolute Gasteiger partial charge is 0.497 e. The van der Waals surface area contributed by atoms with Crippen LogP contribution in [0.5, 0.6) is 5.75 Å². The number of nitrogens with two attached hydrogens (primary N) is 1. The Balaban J connectivity index is 1.51. The second-order valence-corrected chi connectivity index (χ2v) is 8.72. The molecule has 2 atom stereocenters. The van der Waals surface area contributed by atoms with Crippen molar-refractivity contribution < 1.29 is 14.8 Å². The predicted molar refractivity (Wildman–Crippen MR) is 124 cm³/mol. The van der Waals surface area contributed by atoms with Crippen molar-refractivity contribution in [3.63, 3.8) is 0 Å². The molecule has 0 saturated heterocycles. The topological polar surface area (TPSA) is 70.7 Å². The van der Waals surface area contributed by atoms with Crippen molar-refractivity contribution in [3.8, 4) is 5.75 Å². The molecule has 5 heteroatoms. The number of aromatic nitrogens is 1. The number of methoxy groups -OCH3 is 1. The fourth-order valence-electron chi connectivity index (χ4n) is 4.69. The lowest BCUT2D eigenvalue weighted by Crippen LogP contribution is -2.92. The van der Waals surface area contributed by atoms with E-state index < -0.39 is 0 Å². The zero-order valence-electron chi connectivity index (χ0n) is 18.6. The molecule has 0 bridgehead atoms. The van der Waals surface area contributed by atoms with Crippen molar-refractivity contribution in [3.05, 3.63) is 65.9 Å². The number of amides is 1. The maximum absolute atomic E-state index is 12.8. The first-order valence-electron chi connectivity index (χ1n) is 11.5. The summed E-state index contributed by atoms with van der Waals surface area (Å²) in [6.07, 6.45) is 8.08. The number of fused-ring (bicyclic) bond motifs is 1. The Bertz CT molecular complexity index is 989. The van der Waals surface area contributed by atoms with Gasteiger partial charge >= 0.3 is 0 Å². The van der Waals surface area contributed by atoms with Crippen LogP contribution in [0.15, 0.2) is 54.7 Å². The smallest absolute Gasteiger partial charge is 0.278 e. The highest BCUT2D eigenvalue weighted by molar-refractivity contribution is 5.84. The molecule has 1 fully saturated rings. The van der Waals surface area contributed by atoms with Crippen molar-refractivity contribution in [2.24, 2.45) is 0 Å². The van der Waals surface area contributed by atoms with E-state index in [0.717, 1.165) is 30.7 Å². The lowest BCUT2D eigenvalue weighted by molar-refractivity contribution is -0.674. The Morgan fingerprint density at radius 3 is 2.61 bits per heavy atom. The summed E-state index contributed by atoms with van der Waals surface area (Å²) in [6.45, 7) is 2.81. The molecule has 164 valence electrons. The quantitative estimate of drug-likeness (QED) is 0.520. The van der Waals surface area contributed by atoms with E-state index in [-0.39, 0.29) is 17.9 Å². The van der Waals surface area contributed by atoms with Gasteiger partial charge in [-0.25, -0.2) is 0 Å². The number of aromatic amines is 1. The number of nitrogens with one attached hydrogen (secondary N) is 2. The van der Waals surface area contributed by atoms with E-state index in [9.17, 15) is 4.79 Å². The second kappa shape index (κ2) is 10.0. The zero-order chi connectivity index (χ0) is 21.6. The summed E-state index contributed by atoms with van der Waals surface area (Å²) in [5, 5.41) is 6.68. The van der Waals surface area contributed by atoms with Crippen LogP contribution in [0.1, 0.15) is 56.1 Å². The Labute approximate surface area is 184 Å². The highest BCUT2D eigenvalue weighted by Gasteiger charge is 2.25. The molecule has 1 aromatic heterocycles. The third kappa shape index (κ3) is 5.10. The van der Waals surface area contributed by atoms with Crippen molar-refractivity contribution in [1.82, 2.24) is 10.3 Å². The summed E-state index contributed by atoms with van der Waals surface area (Å²) >= 11 is 0. The molecule has 1 saturated carbocycles. The number of rotatable bonds is 8. The van der Waals surface area contributed by atoms with Crippen LogP contribution < -0.4 is 15.4 Å². The molecule has 0 radical (unpaired) electrons. The van der Waals surface area contributed by atoms with Crippen molar-refractivity contribution >= 4 is 16.8 Å². The first-order valence-corrected chi connectivity index (χ1v) is 11.5. The lowest BCUT2D eigenvalue weighted by Gasteiger charge is -2.24. The van der Waals surface area contributed by atoms with Crippen LogP contribution in [0.3, 0.4) is 0 Å². The minimum Gasteiger partial charge on any atom is -0.497 e. The van der Waals surface area contributed by atoms with E-state index in [4.69, 9.17) is 4.74 Å². The first kappa shape index (κ1) is 21.4. The predicted octanol–water partition coefficient (Wildman–Crippen LogP) is 3.71. The van der Waals surface area contributed by atoms with Crippen LogP contribution in [0, 0.1) is 0 Å². The summed E-state index contributed by atoms with van der Waals surface area (Å²) in [5.74, 6) is 1.18. The molecule has 1 aliphatic rings. The SMILES string of the molecule is COc1ccc([C@@H](C[NH2+][C@H](C)C(=O)NC2CCCCC2)c2c[nH]c3ccccc23)cc1. The molecule has 0 spiro atoms. The molecule has 4 rings (SSSR count). The first-order chi connectivity index (χ1) is 15.2. The minimum absolute atomic E-state index is 0.118. The highest BCUT2D eigenvalue weighted by Crippen LogP contribution is 2.30. The van der Waals surface area contributed by atoms with Crippen LogP contribution >= 0.6 is 0 Å². The maximum atomic E-state index is 12.8. The lowest BCUT2D eigenvalue weighted by atomic mass is 9.90. The molecule has 0 unspecified atom stereocenters. The third-order valence-corrected chi connectivity index (χ3v) is 6.61. The van der Waals surface area contributed by atoms with E-state index >= 15 is 0 Å². The van der Waals surface area contributed by atoms with Gasteiger partial charge in [-0.2, -0.15) is 0 Å². The van der Waals surface area contributed by atoms with Gasteiger partial charge in [-0.05, 0) is 49.1 Å².